The second-order valence-electron chi connectivity index (χ2n) is 5.43. The van der Waals surface area contributed by atoms with E-state index in [1.165, 1.54) is 0 Å². The van der Waals surface area contributed by atoms with E-state index in [9.17, 15) is 9.90 Å². The second-order valence-corrected chi connectivity index (χ2v) is 5.43. The topological polar surface area (TPSA) is 52.6 Å². The maximum absolute atomic E-state index is 12.2. The van der Waals surface area contributed by atoms with Crippen LogP contribution in [-0.2, 0) is 0 Å². The van der Waals surface area contributed by atoms with E-state index >= 15 is 0 Å². The van der Waals surface area contributed by atoms with Crippen molar-refractivity contribution in [3.63, 3.8) is 0 Å². The first kappa shape index (κ1) is 17.5. The maximum atomic E-state index is 12.2. The van der Waals surface area contributed by atoms with Crippen LogP contribution in [0.2, 0.25) is 0 Å². The van der Waals surface area contributed by atoms with E-state index in [1.54, 1.807) is 4.90 Å². The summed E-state index contributed by atoms with van der Waals surface area (Å²) in [5, 5.41) is 13.3. The summed E-state index contributed by atoms with van der Waals surface area (Å²) in [6, 6.07) is 7.86. The van der Waals surface area contributed by atoms with Crippen LogP contribution < -0.4 is 5.32 Å². The van der Waals surface area contributed by atoms with Crippen LogP contribution in [0.1, 0.15) is 50.8 Å². The third-order valence-electron chi connectivity index (χ3n) is 3.84. The molecule has 0 bridgehead atoms. The zero-order valence-corrected chi connectivity index (χ0v) is 13.6. The van der Waals surface area contributed by atoms with Crippen LogP contribution in [-0.4, -0.2) is 35.2 Å². The molecule has 2 amide bonds. The Hall–Kier alpha value is -1.55. The van der Waals surface area contributed by atoms with Crippen molar-refractivity contribution in [3.8, 4) is 0 Å². The van der Waals surface area contributed by atoms with Gasteiger partial charge in [-0.05, 0) is 32.3 Å². The highest BCUT2D eigenvalue weighted by molar-refractivity contribution is 5.74. The minimum atomic E-state index is -0.655. The number of urea groups is 1. The SMILES string of the molecule is CCC(CC)NC(=O)N(CC)CC(O)c1ccc(C)cc1. The number of aryl methyl sites for hydroxylation is 1. The molecule has 0 aliphatic carbocycles. The van der Waals surface area contributed by atoms with Gasteiger partial charge < -0.3 is 15.3 Å². The minimum Gasteiger partial charge on any atom is -0.387 e. The van der Waals surface area contributed by atoms with Crippen molar-refractivity contribution in [2.45, 2.75) is 52.7 Å². The largest absolute Gasteiger partial charge is 0.387 e. The van der Waals surface area contributed by atoms with Crippen LogP contribution in [0.25, 0.3) is 0 Å². The number of carbonyl (C=O) groups is 1. The number of likely N-dealkylation sites (N-methyl/N-ethyl adjacent to an activating group) is 1. The van der Waals surface area contributed by atoms with Crippen LogP contribution in [0.15, 0.2) is 24.3 Å². The van der Waals surface area contributed by atoms with Crippen molar-refractivity contribution in [2.75, 3.05) is 13.1 Å². The Morgan fingerprint density at radius 2 is 1.76 bits per heavy atom. The van der Waals surface area contributed by atoms with Gasteiger partial charge >= 0.3 is 6.03 Å². The number of carbonyl (C=O) groups excluding carboxylic acids is 1. The molecule has 0 spiro atoms. The van der Waals surface area contributed by atoms with Crippen molar-refractivity contribution < 1.29 is 9.90 Å². The van der Waals surface area contributed by atoms with Gasteiger partial charge in [-0.1, -0.05) is 43.7 Å². The highest BCUT2D eigenvalue weighted by Crippen LogP contribution is 2.15. The molecule has 4 nitrogen and oxygen atoms in total. The molecule has 0 saturated carbocycles. The lowest BCUT2D eigenvalue weighted by atomic mass is 10.1. The van der Waals surface area contributed by atoms with Crippen molar-refractivity contribution >= 4 is 6.03 Å². The number of nitrogens with zero attached hydrogens (tertiary/aromatic N) is 1. The molecule has 21 heavy (non-hydrogen) atoms. The number of benzene rings is 1. The second kappa shape index (κ2) is 8.67. The lowest BCUT2D eigenvalue weighted by Gasteiger charge is -2.26. The van der Waals surface area contributed by atoms with E-state index in [0.717, 1.165) is 24.0 Å². The average Bonchev–Trinajstić information content (AvgIpc) is 2.50. The molecule has 0 aliphatic heterocycles. The molecular formula is C17H28N2O2. The lowest BCUT2D eigenvalue weighted by molar-refractivity contribution is 0.122. The highest BCUT2D eigenvalue weighted by atomic mass is 16.3. The number of aliphatic hydroxyl groups is 1. The normalized spacial score (nSPS) is 12.3. The van der Waals surface area contributed by atoms with Crippen LogP contribution in [0.3, 0.4) is 0 Å². The number of hydrogen-bond donors (Lipinski definition) is 2. The fourth-order valence-corrected chi connectivity index (χ4v) is 2.22. The molecule has 1 unspecified atom stereocenters. The standard InChI is InChI=1S/C17H28N2O2/c1-5-15(6-2)18-17(21)19(7-3)12-16(20)14-10-8-13(4)9-11-14/h8-11,15-16,20H,5-7,12H2,1-4H3,(H,18,21). The quantitative estimate of drug-likeness (QED) is 0.810. The fraction of sp³-hybridized carbons (Fsp3) is 0.588. The first-order valence-corrected chi connectivity index (χ1v) is 7.81. The van der Waals surface area contributed by atoms with E-state index < -0.39 is 6.10 Å². The average molecular weight is 292 g/mol. The van der Waals surface area contributed by atoms with Gasteiger partial charge in [0.1, 0.15) is 0 Å². The van der Waals surface area contributed by atoms with E-state index in [1.807, 2.05) is 38.1 Å². The van der Waals surface area contributed by atoms with Gasteiger partial charge in [-0.25, -0.2) is 4.79 Å². The van der Waals surface area contributed by atoms with Gasteiger partial charge in [0.05, 0.1) is 12.6 Å². The van der Waals surface area contributed by atoms with Gasteiger partial charge in [0.15, 0.2) is 0 Å². The third-order valence-corrected chi connectivity index (χ3v) is 3.84. The van der Waals surface area contributed by atoms with Gasteiger partial charge in [0, 0.05) is 12.6 Å². The Kier molecular flexibility index (Phi) is 7.23. The summed E-state index contributed by atoms with van der Waals surface area (Å²) < 4.78 is 0. The molecule has 0 fully saturated rings. The number of amides is 2. The molecule has 0 radical (unpaired) electrons. The van der Waals surface area contributed by atoms with Crippen molar-refractivity contribution in [2.24, 2.45) is 0 Å². The van der Waals surface area contributed by atoms with Crippen LogP contribution in [0.4, 0.5) is 4.79 Å². The molecule has 1 atom stereocenters. The number of rotatable bonds is 7. The monoisotopic (exact) mass is 292 g/mol. The molecule has 0 aromatic heterocycles. The van der Waals surface area contributed by atoms with Crippen molar-refractivity contribution in [1.29, 1.82) is 0 Å². The molecular weight excluding hydrogens is 264 g/mol. The Morgan fingerprint density at radius 3 is 2.24 bits per heavy atom. The predicted octanol–water partition coefficient (Wildman–Crippen LogP) is 3.25. The molecule has 1 aromatic rings. The summed E-state index contributed by atoms with van der Waals surface area (Å²) in [6.07, 6.45) is 1.18. The van der Waals surface area contributed by atoms with Crippen LogP contribution >= 0.6 is 0 Å². The van der Waals surface area contributed by atoms with E-state index in [2.05, 4.69) is 19.2 Å². The molecule has 1 aromatic carbocycles. The maximum Gasteiger partial charge on any atom is 0.317 e. The van der Waals surface area contributed by atoms with Crippen LogP contribution in [0, 0.1) is 6.92 Å². The molecule has 0 aliphatic rings. The third kappa shape index (κ3) is 5.38. The zero-order chi connectivity index (χ0) is 15.8. The fourth-order valence-electron chi connectivity index (χ4n) is 2.22. The van der Waals surface area contributed by atoms with Crippen molar-refractivity contribution in [3.05, 3.63) is 35.4 Å². The summed E-state index contributed by atoms with van der Waals surface area (Å²) in [7, 11) is 0. The van der Waals surface area contributed by atoms with E-state index in [0.29, 0.717) is 13.1 Å². The highest BCUT2D eigenvalue weighted by Gasteiger charge is 2.18. The molecule has 0 saturated heterocycles. The summed E-state index contributed by atoms with van der Waals surface area (Å²) >= 11 is 0. The Morgan fingerprint density at radius 1 is 1.19 bits per heavy atom. The Bertz CT molecular complexity index is 427. The van der Waals surface area contributed by atoms with Gasteiger partial charge in [0.25, 0.3) is 0 Å². The Balaban J connectivity index is 2.64. The summed E-state index contributed by atoms with van der Waals surface area (Å²) in [4.78, 5) is 13.9. The summed E-state index contributed by atoms with van der Waals surface area (Å²) in [5.74, 6) is 0. The van der Waals surface area contributed by atoms with E-state index in [-0.39, 0.29) is 12.1 Å². The Labute approximate surface area is 128 Å². The predicted molar refractivity (Wildman–Crippen MR) is 86.3 cm³/mol. The smallest absolute Gasteiger partial charge is 0.317 e. The van der Waals surface area contributed by atoms with Gasteiger partial charge in [-0.15, -0.1) is 0 Å². The van der Waals surface area contributed by atoms with Gasteiger partial charge in [0.2, 0.25) is 0 Å². The summed E-state index contributed by atoms with van der Waals surface area (Å²) in [5.41, 5.74) is 2.00. The zero-order valence-electron chi connectivity index (χ0n) is 13.6. The van der Waals surface area contributed by atoms with Gasteiger partial charge in [-0.3, -0.25) is 0 Å². The first-order chi connectivity index (χ1) is 10.0. The summed E-state index contributed by atoms with van der Waals surface area (Å²) in [6.45, 7) is 8.95. The molecule has 0 heterocycles. The van der Waals surface area contributed by atoms with Crippen molar-refractivity contribution in [1.82, 2.24) is 10.2 Å². The van der Waals surface area contributed by atoms with Gasteiger partial charge in [-0.2, -0.15) is 0 Å². The molecule has 4 heteroatoms. The van der Waals surface area contributed by atoms with E-state index in [4.69, 9.17) is 0 Å². The van der Waals surface area contributed by atoms with Crippen LogP contribution in [0.5, 0.6) is 0 Å². The number of aliphatic hydroxyl groups excluding tert-OH is 1. The molecule has 1 rings (SSSR count). The minimum absolute atomic E-state index is 0.0997. The lowest BCUT2D eigenvalue weighted by Crippen LogP contribution is -2.45. The number of nitrogens with one attached hydrogen (secondary N) is 1. The number of hydrogen-bond acceptors (Lipinski definition) is 2. The first-order valence-electron chi connectivity index (χ1n) is 7.81. The molecule has 2 N–H and O–H groups in total. The molecule has 118 valence electrons.